The minimum absolute atomic E-state index is 0.0590. The van der Waals surface area contributed by atoms with Crippen molar-refractivity contribution in [3.63, 3.8) is 0 Å². The van der Waals surface area contributed by atoms with Gasteiger partial charge in [0.25, 0.3) is 15.1 Å². The molecule has 9 nitrogen and oxygen atoms in total. The fourth-order valence-corrected chi connectivity index (χ4v) is 11.3. The van der Waals surface area contributed by atoms with E-state index in [9.17, 15) is 21.4 Å². The van der Waals surface area contributed by atoms with Crippen molar-refractivity contribution in [1.82, 2.24) is 0 Å². The highest BCUT2D eigenvalue weighted by Gasteiger charge is 2.33. The molecule has 0 atom stereocenters. The van der Waals surface area contributed by atoms with Crippen LogP contribution >= 0.6 is 23.1 Å². The fraction of sp³-hybridized carbons (Fsp3) is 0.262. The molecular formula is C42H45N3O6S4+2. The Balaban J connectivity index is 1.35. The molecule has 0 amide bonds. The summed E-state index contributed by atoms with van der Waals surface area (Å²) in [7, 11) is -8.05. The fourth-order valence-electron chi connectivity index (χ4n) is 7.22. The predicted molar refractivity (Wildman–Crippen MR) is 227 cm³/mol. The van der Waals surface area contributed by atoms with Crippen LogP contribution in [0.5, 0.6) is 0 Å². The standard InChI is InChI=1S/C42H44N3O6S4/c1-4-45(5-2,6-3)51-55(49,50)27-14-25-43-39(52-37-23-21-32-17-10-12-19-35(32)41(37)43)29-34(31-15-8-7-9-16-31)30-40-44(26-28-54(46,47)48)42-36-20-13-11-18-33(36)22-24-38(42)53-40/h7-13,15-24,29-30H,4-6,14,25-28H2,1-3H3/q+1/p+1. The molecule has 5 aromatic carbocycles. The largest absolute Gasteiger partial charge is 0.333 e. The van der Waals surface area contributed by atoms with Crippen molar-refractivity contribution in [2.24, 2.45) is 0 Å². The Morgan fingerprint density at radius 3 is 2.13 bits per heavy atom. The van der Waals surface area contributed by atoms with Crippen molar-refractivity contribution in [1.29, 1.82) is 0 Å². The first-order valence-electron chi connectivity index (χ1n) is 18.5. The molecule has 1 N–H and O–H groups in total. The Morgan fingerprint density at radius 1 is 0.800 bits per heavy atom. The Kier molecular flexibility index (Phi) is 11.5. The third-order valence-corrected chi connectivity index (χ3v) is 14.5. The van der Waals surface area contributed by atoms with Crippen molar-refractivity contribution in [2.75, 3.05) is 42.6 Å². The van der Waals surface area contributed by atoms with E-state index in [0.717, 1.165) is 63.5 Å². The van der Waals surface area contributed by atoms with Crippen molar-refractivity contribution < 1.29 is 34.9 Å². The number of benzene rings is 5. The molecular weight excluding hydrogens is 771 g/mol. The van der Waals surface area contributed by atoms with Gasteiger partial charge in [0.1, 0.15) is 24.3 Å². The number of hydrogen-bond acceptors (Lipinski definition) is 8. The van der Waals surface area contributed by atoms with Crippen LogP contribution in [0.2, 0.25) is 0 Å². The normalized spacial score (nSPS) is 14.8. The first-order chi connectivity index (χ1) is 26.4. The van der Waals surface area contributed by atoms with Crippen molar-refractivity contribution >= 4 is 92.4 Å². The first kappa shape index (κ1) is 39.2. The molecule has 55 heavy (non-hydrogen) atoms. The van der Waals surface area contributed by atoms with Gasteiger partial charge in [-0.2, -0.15) is 26.0 Å². The Bertz CT molecular complexity index is 2640. The summed E-state index contributed by atoms with van der Waals surface area (Å²) in [6.07, 6.45) is 4.58. The van der Waals surface area contributed by atoms with Gasteiger partial charge >= 0.3 is 10.1 Å². The molecule has 6 aromatic rings. The molecule has 0 saturated carbocycles. The number of thioether (sulfide) groups is 1. The number of thiazole rings is 1. The average Bonchev–Trinajstić information content (AvgIpc) is 3.73. The van der Waals surface area contributed by atoms with Crippen LogP contribution in [-0.4, -0.2) is 63.7 Å². The van der Waals surface area contributed by atoms with Gasteiger partial charge in [-0.15, -0.1) is 0 Å². The summed E-state index contributed by atoms with van der Waals surface area (Å²) in [5.41, 5.74) is 3.81. The van der Waals surface area contributed by atoms with Crippen LogP contribution in [0.25, 0.3) is 43.4 Å². The van der Waals surface area contributed by atoms with E-state index in [2.05, 4.69) is 53.1 Å². The van der Waals surface area contributed by atoms with Crippen LogP contribution in [0.15, 0.2) is 119 Å². The maximum absolute atomic E-state index is 13.4. The van der Waals surface area contributed by atoms with Gasteiger partial charge < -0.3 is 4.90 Å². The summed E-state index contributed by atoms with van der Waals surface area (Å²) in [5.74, 6) is -0.546. The monoisotopic (exact) mass is 815 g/mol. The number of hydrogen-bond donors (Lipinski definition) is 1. The van der Waals surface area contributed by atoms with Gasteiger partial charge in [0, 0.05) is 29.3 Å². The molecule has 7 rings (SSSR count). The summed E-state index contributed by atoms with van der Waals surface area (Å²) in [5, 5.41) is 5.98. The maximum Gasteiger partial charge on any atom is 0.314 e. The lowest BCUT2D eigenvalue weighted by Crippen LogP contribution is -2.49. The molecule has 1 aliphatic rings. The number of anilines is 1. The molecule has 286 valence electrons. The summed E-state index contributed by atoms with van der Waals surface area (Å²) in [6, 6.07) is 34.7. The zero-order valence-electron chi connectivity index (χ0n) is 31.1. The summed E-state index contributed by atoms with van der Waals surface area (Å²) in [6.45, 7) is 8.01. The van der Waals surface area contributed by atoms with Gasteiger partial charge in [-0.05, 0) is 67.0 Å². The van der Waals surface area contributed by atoms with Crippen LogP contribution in [0.3, 0.4) is 0 Å². The minimum Gasteiger partial charge on any atom is -0.333 e. The van der Waals surface area contributed by atoms with Crippen LogP contribution in [0.1, 0.15) is 37.8 Å². The van der Waals surface area contributed by atoms with Crippen LogP contribution in [0.4, 0.5) is 5.69 Å². The Labute approximate surface area is 331 Å². The molecule has 1 aliphatic heterocycles. The second-order valence-electron chi connectivity index (χ2n) is 13.5. The number of aryl methyl sites for hydroxylation is 1. The van der Waals surface area contributed by atoms with Crippen LogP contribution < -0.4 is 9.47 Å². The van der Waals surface area contributed by atoms with Gasteiger partial charge in [0.2, 0.25) is 5.52 Å². The molecule has 0 unspecified atom stereocenters. The quantitative estimate of drug-likeness (QED) is 0.0475. The van der Waals surface area contributed by atoms with Gasteiger partial charge in [-0.25, -0.2) is 0 Å². The maximum atomic E-state index is 13.4. The number of allylic oxidation sites excluding steroid dienone is 2. The van der Waals surface area contributed by atoms with Gasteiger partial charge in [-0.1, -0.05) is 112 Å². The van der Waals surface area contributed by atoms with E-state index in [4.69, 9.17) is 4.28 Å². The lowest BCUT2D eigenvalue weighted by molar-refractivity contribution is -1.08. The topological polar surface area (TPSA) is 105 Å². The minimum atomic E-state index is -4.24. The van der Waals surface area contributed by atoms with Crippen molar-refractivity contribution in [2.45, 2.75) is 38.6 Å². The molecule has 0 aliphatic carbocycles. The number of nitrogens with zero attached hydrogens (tertiary/aromatic N) is 3. The number of aromatic nitrogens is 1. The van der Waals surface area contributed by atoms with E-state index in [0.29, 0.717) is 32.6 Å². The zero-order valence-corrected chi connectivity index (χ0v) is 34.4. The Morgan fingerprint density at radius 2 is 1.44 bits per heavy atom. The molecule has 0 bridgehead atoms. The van der Waals surface area contributed by atoms with Crippen LogP contribution in [-0.2, 0) is 31.1 Å². The Hall–Kier alpha value is -4.08. The molecule has 2 heterocycles. The molecule has 1 aromatic heterocycles. The SMILES string of the molecule is CC[N+](CC)(CC)OS(=O)(=O)CCC[n+]1c(/C=C(/C=C2\Sc3ccc4ccccc4c3N2CCS(=O)(=O)O)c2ccccc2)sc2ccc3ccccc3c21. The van der Waals surface area contributed by atoms with Crippen LogP contribution in [0, 0.1) is 0 Å². The third-order valence-electron chi connectivity index (χ3n) is 10.2. The van der Waals surface area contributed by atoms with E-state index in [1.165, 1.54) is 0 Å². The van der Waals surface area contributed by atoms with Gasteiger partial charge in [-0.3, -0.25) is 4.55 Å². The number of hydroxylamine groups is 3. The van der Waals surface area contributed by atoms with E-state index >= 15 is 0 Å². The molecule has 0 spiro atoms. The molecule has 0 saturated heterocycles. The van der Waals surface area contributed by atoms with E-state index in [-0.39, 0.29) is 16.9 Å². The number of quaternary nitrogens is 1. The van der Waals surface area contributed by atoms with E-state index in [1.54, 1.807) is 23.1 Å². The second kappa shape index (κ2) is 16.2. The summed E-state index contributed by atoms with van der Waals surface area (Å²) < 4.78 is 69.9. The second-order valence-corrected chi connectivity index (χ2v) is 18.9. The van der Waals surface area contributed by atoms with Gasteiger partial charge in [0.15, 0.2) is 6.54 Å². The highest BCUT2D eigenvalue weighted by Crippen LogP contribution is 2.50. The van der Waals surface area contributed by atoms with Gasteiger partial charge in [0.05, 0.1) is 27.6 Å². The lowest BCUT2D eigenvalue weighted by atomic mass is 10.0. The highest BCUT2D eigenvalue weighted by atomic mass is 32.2. The molecule has 0 fully saturated rings. The summed E-state index contributed by atoms with van der Waals surface area (Å²) >= 11 is 3.21. The molecule has 0 radical (unpaired) electrons. The molecule has 13 heteroatoms. The van der Waals surface area contributed by atoms with Crippen molar-refractivity contribution in [3.8, 4) is 0 Å². The van der Waals surface area contributed by atoms with Crippen molar-refractivity contribution in [3.05, 3.63) is 125 Å². The van der Waals surface area contributed by atoms with E-state index < -0.39 is 26.0 Å². The van der Waals surface area contributed by atoms with E-state index in [1.807, 2.05) is 92.4 Å². The smallest absolute Gasteiger partial charge is 0.314 e. The predicted octanol–water partition coefficient (Wildman–Crippen LogP) is 8.91. The number of fused-ring (bicyclic) bond motifs is 6. The summed E-state index contributed by atoms with van der Waals surface area (Å²) in [4.78, 5) is 2.99. The third kappa shape index (κ3) is 8.53. The zero-order chi connectivity index (χ0) is 38.8. The lowest BCUT2D eigenvalue weighted by Gasteiger charge is -2.30. The average molecular weight is 816 g/mol. The number of rotatable bonds is 15. The highest BCUT2D eigenvalue weighted by molar-refractivity contribution is 8.03. The first-order valence-corrected chi connectivity index (χ1v) is 23.3.